The predicted octanol–water partition coefficient (Wildman–Crippen LogP) is 3.24. The third kappa shape index (κ3) is 1.92. The molecule has 0 fully saturated rings. The lowest BCUT2D eigenvalue weighted by Gasteiger charge is -1.97. The lowest BCUT2D eigenvalue weighted by molar-refractivity contribution is 1.23. The van der Waals surface area contributed by atoms with E-state index in [9.17, 15) is 0 Å². The van der Waals surface area contributed by atoms with Crippen LogP contribution in [0.25, 0.3) is 4.85 Å². The Kier molecular flexibility index (Phi) is 2.77. The molecule has 0 saturated carbocycles. The SMILES string of the molecule is [C-]#[N+]c1ncccc1Sc1nccs1. The van der Waals surface area contributed by atoms with Crippen molar-refractivity contribution in [2.45, 2.75) is 9.24 Å². The molecule has 0 aliphatic rings. The molecule has 0 saturated heterocycles. The summed E-state index contributed by atoms with van der Waals surface area (Å²) in [5.74, 6) is 0.438. The lowest BCUT2D eigenvalue weighted by Crippen LogP contribution is -1.76. The Hall–Kier alpha value is -1.38. The van der Waals surface area contributed by atoms with Crippen molar-refractivity contribution in [2.75, 3.05) is 0 Å². The van der Waals surface area contributed by atoms with Gasteiger partial charge in [-0.2, -0.15) is 0 Å². The van der Waals surface area contributed by atoms with Gasteiger partial charge in [0, 0.05) is 16.5 Å². The molecule has 3 nitrogen and oxygen atoms in total. The first kappa shape index (κ1) is 9.19. The summed E-state index contributed by atoms with van der Waals surface area (Å²) < 4.78 is 0.933. The van der Waals surface area contributed by atoms with E-state index < -0.39 is 0 Å². The standard InChI is InChI=1S/C9H5N3S2/c1-10-8-7(3-2-4-11-8)14-9-12-5-6-13-9/h2-6H. The lowest BCUT2D eigenvalue weighted by atomic mass is 10.5. The number of nitrogens with zero attached hydrogens (tertiary/aromatic N) is 3. The number of aromatic nitrogens is 2. The zero-order chi connectivity index (χ0) is 9.80. The molecule has 2 heterocycles. The maximum atomic E-state index is 6.95. The van der Waals surface area contributed by atoms with E-state index in [4.69, 9.17) is 6.57 Å². The number of rotatable bonds is 2. The van der Waals surface area contributed by atoms with Crippen LogP contribution in [0.15, 0.2) is 39.1 Å². The summed E-state index contributed by atoms with van der Waals surface area (Å²) in [5.41, 5.74) is 0. The van der Waals surface area contributed by atoms with Crippen molar-refractivity contribution in [1.82, 2.24) is 9.97 Å². The van der Waals surface area contributed by atoms with Crippen LogP contribution in [0.2, 0.25) is 0 Å². The van der Waals surface area contributed by atoms with Gasteiger partial charge in [0.1, 0.15) is 6.20 Å². The van der Waals surface area contributed by atoms with Gasteiger partial charge < -0.3 is 4.85 Å². The van der Waals surface area contributed by atoms with E-state index in [1.54, 1.807) is 23.7 Å². The Labute approximate surface area is 89.7 Å². The molecule has 0 unspecified atom stereocenters. The summed E-state index contributed by atoms with van der Waals surface area (Å²) in [6.45, 7) is 6.95. The van der Waals surface area contributed by atoms with Gasteiger partial charge in [-0.25, -0.2) is 4.98 Å². The van der Waals surface area contributed by atoms with Gasteiger partial charge in [0.05, 0.1) is 0 Å². The Balaban J connectivity index is 2.30. The van der Waals surface area contributed by atoms with Crippen molar-refractivity contribution < 1.29 is 0 Å². The molecule has 0 atom stereocenters. The Bertz CT molecular complexity index is 459. The van der Waals surface area contributed by atoms with Crippen LogP contribution in [0.5, 0.6) is 0 Å². The summed E-state index contributed by atoms with van der Waals surface area (Å²) in [6, 6.07) is 3.71. The van der Waals surface area contributed by atoms with E-state index >= 15 is 0 Å². The molecule has 2 aromatic heterocycles. The second-order valence-electron chi connectivity index (χ2n) is 2.34. The zero-order valence-corrected chi connectivity index (χ0v) is 8.68. The molecule has 0 radical (unpaired) electrons. The van der Waals surface area contributed by atoms with E-state index in [0.29, 0.717) is 5.82 Å². The molecule has 2 aromatic rings. The highest BCUT2D eigenvalue weighted by molar-refractivity contribution is 8.01. The first-order valence-electron chi connectivity index (χ1n) is 3.80. The molecule has 0 bridgehead atoms. The van der Waals surface area contributed by atoms with Crippen LogP contribution < -0.4 is 0 Å². The maximum Gasteiger partial charge on any atom is 0.283 e. The second-order valence-corrected chi connectivity index (χ2v) is 4.52. The minimum Gasteiger partial charge on any atom is -0.360 e. The number of hydrogen-bond donors (Lipinski definition) is 0. The van der Waals surface area contributed by atoms with Crippen molar-refractivity contribution in [3.8, 4) is 0 Å². The van der Waals surface area contributed by atoms with Gasteiger partial charge in [0.25, 0.3) is 5.82 Å². The molecule has 0 aliphatic carbocycles. The van der Waals surface area contributed by atoms with E-state index in [0.717, 1.165) is 9.24 Å². The van der Waals surface area contributed by atoms with E-state index in [-0.39, 0.29) is 0 Å². The third-order valence-corrected chi connectivity index (χ3v) is 3.39. The normalized spacial score (nSPS) is 9.64. The van der Waals surface area contributed by atoms with Gasteiger partial charge in [-0.1, -0.05) is 24.4 Å². The molecule has 0 amide bonds. The average Bonchev–Trinajstić information content (AvgIpc) is 2.71. The summed E-state index contributed by atoms with van der Waals surface area (Å²) in [4.78, 5) is 12.3. The van der Waals surface area contributed by atoms with Gasteiger partial charge in [-0.15, -0.1) is 16.3 Å². The monoisotopic (exact) mass is 219 g/mol. The molecule has 0 aliphatic heterocycles. The zero-order valence-electron chi connectivity index (χ0n) is 7.04. The second kappa shape index (κ2) is 4.22. The van der Waals surface area contributed by atoms with E-state index in [1.165, 1.54) is 11.8 Å². The minimum atomic E-state index is 0.438. The highest BCUT2D eigenvalue weighted by Crippen LogP contribution is 2.34. The van der Waals surface area contributed by atoms with Gasteiger partial charge in [-0.3, -0.25) is 0 Å². The molecule has 5 heteroatoms. The fourth-order valence-electron chi connectivity index (χ4n) is 0.901. The van der Waals surface area contributed by atoms with Crippen molar-refractivity contribution in [3.63, 3.8) is 0 Å². The molecular weight excluding hydrogens is 214 g/mol. The Morgan fingerprint density at radius 2 is 2.29 bits per heavy atom. The highest BCUT2D eigenvalue weighted by Gasteiger charge is 2.05. The minimum absolute atomic E-state index is 0.438. The third-order valence-electron chi connectivity index (χ3n) is 1.46. The highest BCUT2D eigenvalue weighted by atomic mass is 32.2. The predicted molar refractivity (Wildman–Crippen MR) is 56.7 cm³/mol. The summed E-state index contributed by atoms with van der Waals surface area (Å²) in [5, 5.41) is 1.91. The Morgan fingerprint density at radius 3 is 3.00 bits per heavy atom. The summed E-state index contributed by atoms with van der Waals surface area (Å²) in [6.07, 6.45) is 3.38. The van der Waals surface area contributed by atoms with Crippen LogP contribution in [0, 0.1) is 6.57 Å². The summed E-state index contributed by atoms with van der Waals surface area (Å²) in [7, 11) is 0. The van der Waals surface area contributed by atoms with Gasteiger partial charge in [0.2, 0.25) is 0 Å². The molecule has 2 rings (SSSR count). The Morgan fingerprint density at radius 1 is 1.36 bits per heavy atom. The van der Waals surface area contributed by atoms with Crippen LogP contribution >= 0.6 is 23.1 Å². The van der Waals surface area contributed by atoms with Gasteiger partial charge in [0.15, 0.2) is 4.34 Å². The number of hydrogen-bond acceptors (Lipinski definition) is 4. The molecule has 0 spiro atoms. The largest absolute Gasteiger partial charge is 0.360 e. The van der Waals surface area contributed by atoms with Gasteiger partial charge >= 0.3 is 0 Å². The van der Waals surface area contributed by atoms with Crippen LogP contribution in [-0.4, -0.2) is 9.97 Å². The van der Waals surface area contributed by atoms with Crippen LogP contribution in [0.3, 0.4) is 0 Å². The molecule has 0 N–H and O–H groups in total. The van der Waals surface area contributed by atoms with Crippen LogP contribution in [0.1, 0.15) is 0 Å². The molecule has 14 heavy (non-hydrogen) atoms. The molecule has 68 valence electrons. The number of thiazole rings is 1. The number of pyridine rings is 1. The van der Waals surface area contributed by atoms with Crippen molar-refractivity contribution in [2.24, 2.45) is 0 Å². The molecular formula is C9H5N3S2. The van der Waals surface area contributed by atoms with E-state index in [2.05, 4.69) is 14.8 Å². The van der Waals surface area contributed by atoms with E-state index in [1.807, 2.05) is 17.5 Å². The first-order chi connectivity index (χ1) is 6.90. The smallest absolute Gasteiger partial charge is 0.283 e. The summed E-state index contributed by atoms with van der Waals surface area (Å²) >= 11 is 3.03. The first-order valence-corrected chi connectivity index (χ1v) is 5.49. The van der Waals surface area contributed by atoms with Crippen LogP contribution in [-0.2, 0) is 0 Å². The maximum absolute atomic E-state index is 6.95. The van der Waals surface area contributed by atoms with Crippen molar-refractivity contribution in [1.29, 1.82) is 0 Å². The quantitative estimate of drug-likeness (QED) is 0.726. The van der Waals surface area contributed by atoms with Crippen LogP contribution in [0.4, 0.5) is 5.82 Å². The van der Waals surface area contributed by atoms with Crippen molar-refractivity contribution in [3.05, 3.63) is 41.3 Å². The molecule has 0 aromatic carbocycles. The fraction of sp³-hybridized carbons (Fsp3) is 0. The van der Waals surface area contributed by atoms with Gasteiger partial charge in [-0.05, 0) is 6.07 Å². The average molecular weight is 219 g/mol. The topological polar surface area (TPSA) is 30.1 Å². The fourth-order valence-corrected chi connectivity index (χ4v) is 2.53. The van der Waals surface area contributed by atoms with Crippen molar-refractivity contribution >= 4 is 28.9 Å².